The standard InChI is InChI=1S/C23H19N3O2/c1-2-3-13-26-22(27)16-8-6-7-14-15(11-12-17(20(14)16)23(26)28)21-24-18-9-4-5-10-19(18)25-21/h4-12H,2-3,13H2,1H3,(H,24,25). The first-order valence-corrected chi connectivity index (χ1v) is 9.56. The second-order valence-electron chi connectivity index (χ2n) is 7.11. The van der Waals surface area contributed by atoms with Gasteiger partial charge in [0.2, 0.25) is 0 Å². The van der Waals surface area contributed by atoms with Crippen molar-refractivity contribution in [3.8, 4) is 11.4 Å². The number of fused-ring (bicyclic) bond motifs is 1. The number of H-pyrrole nitrogens is 1. The van der Waals surface area contributed by atoms with Crippen LogP contribution in [0.4, 0.5) is 0 Å². The molecular weight excluding hydrogens is 350 g/mol. The van der Waals surface area contributed by atoms with E-state index < -0.39 is 0 Å². The zero-order chi connectivity index (χ0) is 19.3. The molecule has 1 N–H and O–H groups in total. The van der Waals surface area contributed by atoms with Crippen LogP contribution in [0.15, 0.2) is 54.6 Å². The van der Waals surface area contributed by atoms with Crippen LogP contribution < -0.4 is 0 Å². The summed E-state index contributed by atoms with van der Waals surface area (Å²) in [6.45, 7) is 2.50. The predicted octanol–water partition coefficient (Wildman–Crippen LogP) is 4.78. The van der Waals surface area contributed by atoms with Crippen LogP contribution in [0.25, 0.3) is 33.2 Å². The maximum absolute atomic E-state index is 13.0. The molecule has 0 fully saturated rings. The number of hydrogen-bond donors (Lipinski definition) is 1. The number of unbranched alkanes of at least 4 members (excludes halogenated alkanes) is 1. The highest BCUT2D eigenvalue weighted by atomic mass is 16.2. The third kappa shape index (κ3) is 2.36. The van der Waals surface area contributed by atoms with Gasteiger partial charge < -0.3 is 4.98 Å². The summed E-state index contributed by atoms with van der Waals surface area (Å²) >= 11 is 0. The fraction of sp³-hybridized carbons (Fsp3) is 0.174. The molecule has 1 aromatic heterocycles. The number of imidazole rings is 1. The van der Waals surface area contributed by atoms with Gasteiger partial charge in [-0.2, -0.15) is 0 Å². The van der Waals surface area contributed by atoms with Gasteiger partial charge >= 0.3 is 0 Å². The van der Waals surface area contributed by atoms with E-state index in [0.717, 1.165) is 46.0 Å². The maximum Gasteiger partial charge on any atom is 0.261 e. The van der Waals surface area contributed by atoms with Gasteiger partial charge in [0.25, 0.3) is 11.8 Å². The molecule has 5 rings (SSSR count). The van der Waals surface area contributed by atoms with Crippen LogP contribution in [0, 0.1) is 0 Å². The smallest absolute Gasteiger partial charge is 0.261 e. The summed E-state index contributed by atoms with van der Waals surface area (Å²) < 4.78 is 0. The summed E-state index contributed by atoms with van der Waals surface area (Å²) in [6, 6.07) is 17.2. The first-order chi connectivity index (χ1) is 13.7. The van der Waals surface area contributed by atoms with Crippen molar-refractivity contribution in [1.29, 1.82) is 0 Å². The number of hydrogen-bond acceptors (Lipinski definition) is 3. The number of aromatic nitrogens is 2. The van der Waals surface area contributed by atoms with Crippen molar-refractivity contribution in [3.63, 3.8) is 0 Å². The van der Waals surface area contributed by atoms with Crippen molar-refractivity contribution in [1.82, 2.24) is 14.9 Å². The molecule has 5 nitrogen and oxygen atoms in total. The predicted molar refractivity (Wildman–Crippen MR) is 109 cm³/mol. The summed E-state index contributed by atoms with van der Waals surface area (Å²) in [6.07, 6.45) is 1.74. The molecule has 0 bridgehead atoms. The number of amides is 2. The van der Waals surface area contributed by atoms with Crippen LogP contribution in [-0.2, 0) is 0 Å². The molecular formula is C23H19N3O2. The molecule has 0 saturated heterocycles. The number of para-hydroxylation sites is 2. The van der Waals surface area contributed by atoms with Crippen LogP contribution >= 0.6 is 0 Å². The Balaban J connectivity index is 1.72. The van der Waals surface area contributed by atoms with E-state index in [1.165, 1.54) is 4.90 Å². The number of nitrogens with zero attached hydrogens (tertiary/aromatic N) is 2. The second-order valence-corrected chi connectivity index (χ2v) is 7.11. The summed E-state index contributed by atoms with van der Waals surface area (Å²) in [5, 5.41) is 1.59. The Labute approximate surface area is 162 Å². The van der Waals surface area contributed by atoms with Gasteiger partial charge in [-0.25, -0.2) is 4.98 Å². The summed E-state index contributed by atoms with van der Waals surface area (Å²) in [5.74, 6) is 0.315. The minimum Gasteiger partial charge on any atom is -0.338 e. The van der Waals surface area contributed by atoms with E-state index in [4.69, 9.17) is 4.98 Å². The van der Waals surface area contributed by atoms with E-state index in [-0.39, 0.29) is 11.8 Å². The van der Waals surface area contributed by atoms with Gasteiger partial charge in [0.1, 0.15) is 5.82 Å². The van der Waals surface area contributed by atoms with Gasteiger partial charge in [-0.1, -0.05) is 37.6 Å². The zero-order valence-electron chi connectivity index (χ0n) is 15.5. The fourth-order valence-electron chi connectivity index (χ4n) is 3.95. The molecule has 0 aliphatic carbocycles. The molecule has 1 aliphatic rings. The highest BCUT2D eigenvalue weighted by Crippen LogP contribution is 2.36. The van der Waals surface area contributed by atoms with Crippen molar-refractivity contribution in [2.45, 2.75) is 19.8 Å². The third-order valence-electron chi connectivity index (χ3n) is 5.37. The molecule has 0 unspecified atom stereocenters. The number of carbonyl (C=O) groups excluding carboxylic acids is 2. The Bertz CT molecular complexity index is 1200. The molecule has 138 valence electrons. The van der Waals surface area contributed by atoms with E-state index in [0.29, 0.717) is 17.7 Å². The van der Waals surface area contributed by atoms with Crippen molar-refractivity contribution in [2.24, 2.45) is 0 Å². The Morgan fingerprint density at radius 2 is 1.64 bits per heavy atom. The number of aromatic amines is 1. The van der Waals surface area contributed by atoms with Gasteiger partial charge in [0, 0.05) is 28.6 Å². The van der Waals surface area contributed by atoms with E-state index in [1.807, 2.05) is 61.5 Å². The maximum atomic E-state index is 13.0. The third-order valence-corrected chi connectivity index (χ3v) is 5.37. The molecule has 0 radical (unpaired) electrons. The largest absolute Gasteiger partial charge is 0.338 e. The first-order valence-electron chi connectivity index (χ1n) is 9.56. The lowest BCUT2D eigenvalue weighted by atomic mass is 9.91. The van der Waals surface area contributed by atoms with Crippen LogP contribution in [0.2, 0.25) is 0 Å². The number of rotatable bonds is 4. The average molecular weight is 369 g/mol. The highest BCUT2D eigenvalue weighted by molar-refractivity contribution is 6.26. The van der Waals surface area contributed by atoms with Crippen molar-refractivity contribution in [2.75, 3.05) is 6.54 Å². The number of benzene rings is 3. The van der Waals surface area contributed by atoms with Crippen molar-refractivity contribution < 1.29 is 9.59 Å². The average Bonchev–Trinajstić information content (AvgIpc) is 3.15. The van der Waals surface area contributed by atoms with Gasteiger partial charge in [-0.15, -0.1) is 0 Å². The van der Waals surface area contributed by atoms with Crippen molar-refractivity contribution in [3.05, 3.63) is 65.7 Å². The number of nitrogens with one attached hydrogen (secondary N) is 1. The van der Waals surface area contributed by atoms with Gasteiger partial charge in [-0.3, -0.25) is 14.5 Å². The first kappa shape index (κ1) is 16.7. The summed E-state index contributed by atoms with van der Waals surface area (Å²) in [5.41, 5.74) is 3.90. The van der Waals surface area contributed by atoms with E-state index in [9.17, 15) is 9.59 Å². The Morgan fingerprint density at radius 3 is 2.43 bits per heavy atom. The Kier molecular flexibility index (Phi) is 3.76. The molecule has 5 heteroatoms. The van der Waals surface area contributed by atoms with Crippen LogP contribution in [0.5, 0.6) is 0 Å². The van der Waals surface area contributed by atoms with E-state index in [2.05, 4.69) is 4.98 Å². The molecule has 2 amide bonds. The van der Waals surface area contributed by atoms with E-state index in [1.54, 1.807) is 0 Å². The lowest BCUT2D eigenvalue weighted by molar-refractivity contribution is 0.0608. The quantitative estimate of drug-likeness (QED) is 0.527. The van der Waals surface area contributed by atoms with Crippen LogP contribution in [-0.4, -0.2) is 33.2 Å². The van der Waals surface area contributed by atoms with Gasteiger partial charge in [0.15, 0.2) is 0 Å². The minimum atomic E-state index is -0.210. The summed E-state index contributed by atoms with van der Waals surface area (Å²) in [4.78, 5) is 35.4. The Hall–Kier alpha value is -3.47. The molecule has 0 atom stereocenters. The molecule has 2 heterocycles. The summed E-state index contributed by atoms with van der Waals surface area (Å²) in [7, 11) is 0. The molecule has 0 saturated carbocycles. The number of carbonyl (C=O) groups is 2. The molecule has 1 aliphatic heterocycles. The molecule has 28 heavy (non-hydrogen) atoms. The van der Waals surface area contributed by atoms with Gasteiger partial charge in [-0.05, 0) is 42.1 Å². The molecule has 0 spiro atoms. The Morgan fingerprint density at radius 1 is 0.893 bits per heavy atom. The number of imide groups is 1. The van der Waals surface area contributed by atoms with E-state index >= 15 is 0 Å². The monoisotopic (exact) mass is 369 g/mol. The minimum absolute atomic E-state index is 0.210. The lowest BCUT2D eigenvalue weighted by Gasteiger charge is -2.27. The van der Waals surface area contributed by atoms with Crippen LogP contribution in [0.3, 0.4) is 0 Å². The topological polar surface area (TPSA) is 66.1 Å². The van der Waals surface area contributed by atoms with Gasteiger partial charge in [0.05, 0.1) is 11.0 Å². The highest BCUT2D eigenvalue weighted by Gasteiger charge is 2.33. The second kappa shape index (κ2) is 6.30. The molecule has 4 aromatic rings. The lowest BCUT2D eigenvalue weighted by Crippen LogP contribution is -2.40. The molecule has 3 aromatic carbocycles. The SMILES string of the molecule is CCCCN1C(=O)c2cccc3c(-c4nc5ccccc5[nH]4)ccc(c23)C1=O. The fourth-order valence-corrected chi connectivity index (χ4v) is 3.95. The normalized spacial score (nSPS) is 13.7. The van der Waals surface area contributed by atoms with Crippen molar-refractivity contribution >= 4 is 33.6 Å². The van der Waals surface area contributed by atoms with Crippen LogP contribution in [0.1, 0.15) is 40.5 Å². The zero-order valence-corrected chi connectivity index (χ0v) is 15.5.